The molecular weight excluding hydrogens is 222 g/mol. The lowest BCUT2D eigenvalue weighted by Crippen LogP contribution is -2.43. The summed E-state index contributed by atoms with van der Waals surface area (Å²) in [5.41, 5.74) is 0. The maximum Gasteiger partial charge on any atom is 0.332 e. The summed E-state index contributed by atoms with van der Waals surface area (Å²) in [6.45, 7) is 4.68. The molecule has 0 aromatic heterocycles. The first-order valence-corrected chi connectivity index (χ1v) is 6.36. The number of aliphatic hydroxyl groups excluding tert-OH is 1. The van der Waals surface area contributed by atoms with Gasteiger partial charge in [-0.1, -0.05) is 6.42 Å². The molecule has 0 saturated carbocycles. The molecule has 17 heavy (non-hydrogen) atoms. The molecule has 1 atom stereocenters. The fourth-order valence-corrected chi connectivity index (χ4v) is 2.10. The summed E-state index contributed by atoms with van der Waals surface area (Å²) in [7, 11) is 0. The van der Waals surface area contributed by atoms with Gasteiger partial charge in [0.1, 0.15) is 6.61 Å². The average molecular weight is 245 g/mol. The van der Waals surface area contributed by atoms with Crippen molar-refractivity contribution < 1.29 is 19.4 Å². The molecule has 0 bridgehead atoms. The van der Waals surface area contributed by atoms with Crippen molar-refractivity contribution in [3.8, 4) is 0 Å². The monoisotopic (exact) mass is 245 g/mol. The summed E-state index contributed by atoms with van der Waals surface area (Å²) in [6.07, 6.45) is 3.41. The van der Waals surface area contributed by atoms with Crippen molar-refractivity contribution in [3.05, 3.63) is 0 Å². The Balaban J connectivity index is 2.10. The SMILES string of the molecule is CCOC(=O)COCCN1CCCCC1CO. The van der Waals surface area contributed by atoms with E-state index in [0.29, 0.717) is 13.2 Å². The van der Waals surface area contributed by atoms with Crippen molar-refractivity contribution in [1.29, 1.82) is 0 Å². The molecule has 1 rings (SSSR count). The van der Waals surface area contributed by atoms with Crippen molar-refractivity contribution in [1.82, 2.24) is 4.90 Å². The summed E-state index contributed by atoms with van der Waals surface area (Å²) in [4.78, 5) is 13.2. The number of aliphatic hydroxyl groups is 1. The highest BCUT2D eigenvalue weighted by Crippen LogP contribution is 2.15. The van der Waals surface area contributed by atoms with E-state index in [1.54, 1.807) is 6.92 Å². The molecule has 0 amide bonds. The smallest absolute Gasteiger partial charge is 0.332 e. The van der Waals surface area contributed by atoms with E-state index < -0.39 is 0 Å². The zero-order valence-corrected chi connectivity index (χ0v) is 10.6. The number of likely N-dealkylation sites (tertiary alicyclic amines) is 1. The lowest BCUT2D eigenvalue weighted by atomic mass is 10.0. The van der Waals surface area contributed by atoms with E-state index in [0.717, 1.165) is 19.5 Å². The number of esters is 1. The first kappa shape index (κ1) is 14.4. The van der Waals surface area contributed by atoms with Gasteiger partial charge in [0.2, 0.25) is 0 Å². The van der Waals surface area contributed by atoms with Crippen molar-refractivity contribution in [2.75, 3.05) is 39.5 Å². The van der Waals surface area contributed by atoms with Crippen LogP contribution < -0.4 is 0 Å². The number of carbonyl (C=O) groups excluding carboxylic acids is 1. The largest absolute Gasteiger partial charge is 0.464 e. The minimum Gasteiger partial charge on any atom is -0.464 e. The van der Waals surface area contributed by atoms with Crippen LogP contribution in [-0.2, 0) is 14.3 Å². The Morgan fingerprint density at radius 3 is 3.00 bits per heavy atom. The first-order chi connectivity index (χ1) is 8.27. The van der Waals surface area contributed by atoms with Crippen LogP contribution in [0.5, 0.6) is 0 Å². The normalized spacial score (nSPS) is 21.4. The third-order valence-electron chi connectivity index (χ3n) is 3.01. The van der Waals surface area contributed by atoms with Crippen LogP contribution in [0.4, 0.5) is 0 Å². The highest BCUT2D eigenvalue weighted by atomic mass is 16.6. The second kappa shape index (κ2) is 8.44. The number of carbonyl (C=O) groups is 1. The van der Waals surface area contributed by atoms with Crippen LogP contribution in [0.25, 0.3) is 0 Å². The van der Waals surface area contributed by atoms with Crippen LogP contribution in [0.15, 0.2) is 0 Å². The number of rotatable bonds is 7. The van der Waals surface area contributed by atoms with Gasteiger partial charge in [0.25, 0.3) is 0 Å². The molecule has 0 aromatic carbocycles. The molecule has 100 valence electrons. The van der Waals surface area contributed by atoms with Gasteiger partial charge >= 0.3 is 5.97 Å². The topological polar surface area (TPSA) is 59.0 Å². The highest BCUT2D eigenvalue weighted by Gasteiger charge is 2.20. The lowest BCUT2D eigenvalue weighted by Gasteiger charge is -2.34. The Hall–Kier alpha value is -0.650. The summed E-state index contributed by atoms with van der Waals surface area (Å²) in [5, 5.41) is 9.22. The standard InChI is InChI=1S/C12H23NO4/c1-2-17-12(15)10-16-8-7-13-6-4-3-5-11(13)9-14/h11,14H,2-10H2,1H3. The molecule has 5 nitrogen and oxygen atoms in total. The number of piperidine rings is 1. The molecule has 1 unspecified atom stereocenters. The first-order valence-electron chi connectivity index (χ1n) is 6.36. The molecule has 1 fully saturated rings. The van der Waals surface area contributed by atoms with Gasteiger partial charge in [0, 0.05) is 12.6 Å². The predicted octanol–water partition coefficient (Wildman–Crippen LogP) is 0.413. The summed E-state index contributed by atoms with van der Waals surface area (Å²) in [5.74, 6) is -0.315. The molecule has 5 heteroatoms. The lowest BCUT2D eigenvalue weighted by molar-refractivity contribution is -0.148. The Bertz CT molecular complexity index is 223. The molecule has 0 aromatic rings. The van der Waals surface area contributed by atoms with Crippen molar-refractivity contribution in [3.63, 3.8) is 0 Å². The minimum atomic E-state index is -0.315. The maximum absolute atomic E-state index is 11.0. The molecule has 0 aliphatic carbocycles. The van der Waals surface area contributed by atoms with E-state index in [9.17, 15) is 9.90 Å². The third-order valence-corrected chi connectivity index (χ3v) is 3.01. The number of ether oxygens (including phenoxy) is 2. The van der Waals surface area contributed by atoms with Gasteiger partial charge in [-0.2, -0.15) is 0 Å². The molecule has 1 aliphatic rings. The third kappa shape index (κ3) is 5.48. The van der Waals surface area contributed by atoms with E-state index in [-0.39, 0.29) is 25.2 Å². The van der Waals surface area contributed by atoms with Gasteiger partial charge in [-0.25, -0.2) is 4.79 Å². The van der Waals surface area contributed by atoms with Crippen LogP contribution in [0.2, 0.25) is 0 Å². The second-order valence-electron chi connectivity index (χ2n) is 4.23. The van der Waals surface area contributed by atoms with Crippen molar-refractivity contribution in [2.45, 2.75) is 32.2 Å². The molecule has 1 aliphatic heterocycles. The number of nitrogens with zero attached hydrogens (tertiary/aromatic N) is 1. The molecule has 1 N–H and O–H groups in total. The van der Waals surface area contributed by atoms with Crippen molar-refractivity contribution >= 4 is 5.97 Å². The van der Waals surface area contributed by atoms with Crippen LogP contribution in [0.3, 0.4) is 0 Å². The van der Waals surface area contributed by atoms with E-state index in [1.165, 1.54) is 12.8 Å². The van der Waals surface area contributed by atoms with Gasteiger partial charge in [0.05, 0.1) is 19.8 Å². The minimum absolute atomic E-state index is 0.0193. The molecule has 1 saturated heterocycles. The fourth-order valence-electron chi connectivity index (χ4n) is 2.10. The Morgan fingerprint density at radius 2 is 2.29 bits per heavy atom. The van der Waals surface area contributed by atoms with Crippen molar-refractivity contribution in [2.24, 2.45) is 0 Å². The number of hydrogen-bond donors (Lipinski definition) is 1. The quantitative estimate of drug-likeness (QED) is 0.520. The van der Waals surface area contributed by atoms with Crippen LogP contribution in [0, 0.1) is 0 Å². The van der Waals surface area contributed by atoms with Gasteiger partial charge in [-0.3, -0.25) is 4.90 Å². The van der Waals surface area contributed by atoms with E-state index in [2.05, 4.69) is 4.90 Å². The molecular formula is C12H23NO4. The summed E-state index contributed by atoms with van der Waals surface area (Å²) >= 11 is 0. The zero-order chi connectivity index (χ0) is 12.5. The molecule has 1 heterocycles. The van der Waals surface area contributed by atoms with E-state index in [1.807, 2.05) is 0 Å². The molecule has 0 radical (unpaired) electrons. The Morgan fingerprint density at radius 1 is 1.47 bits per heavy atom. The van der Waals surface area contributed by atoms with Crippen LogP contribution in [0.1, 0.15) is 26.2 Å². The average Bonchev–Trinajstić information content (AvgIpc) is 2.35. The highest BCUT2D eigenvalue weighted by molar-refractivity contribution is 5.70. The van der Waals surface area contributed by atoms with E-state index >= 15 is 0 Å². The van der Waals surface area contributed by atoms with Gasteiger partial charge in [-0.15, -0.1) is 0 Å². The number of hydrogen-bond acceptors (Lipinski definition) is 5. The fraction of sp³-hybridized carbons (Fsp3) is 0.917. The maximum atomic E-state index is 11.0. The predicted molar refractivity (Wildman–Crippen MR) is 63.7 cm³/mol. The zero-order valence-electron chi connectivity index (χ0n) is 10.6. The van der Waals surface area contributed by atoms with Crippen LogP contribution >= 0.6 is 0 Å². The van der Waals surface area contributed by atoms with Crippen LogP contribution in [-0.4, -0.2) is 61.5 Å². The summed E-state index contributed by atoms with van der Waals surface area (Å²) < 4.78 is 10.0. The second-order valence-corrected chi connectivity index (χ2v) is 4.23. The van der Waals surface area contributed by atoms with Gasteiger partial charge < -0.3 is 14.6 Å². The Labute approximate surface area is 103 Å². The van der Waals surface area contributed by atoms with E-state index in [4.69, 9.17) is 9.47 Å². The summed E-state index contributed by atoms with van der Waals surface area (Å²) in [6, 6.07) is 0.259. The Kier molecular flexibility index (Phi) is 7.16. The van der Waals surface area contributed by atoms with Gasteiger partial charge in [-0.05, 0) is 26.3 Å². The van der Waals surface area contributed by atoms with Gasteiger partial charge in [0.15, 0.2) is 0 Å². The molecule has 0 spiro atoms.